The van der Waals surface area contributed by atoms with Crippen molar-refractivity contribution in [1.82, 2.24) is 0 Å². The Morgan fingerprint density at radius 2 is 1.90 bits per heavy atom. The van der Waals surface area contributed by atoms with Gasteiger partial charge in [0.05, 0.1) is 24.0 Å². The number of para-hydroxylation sites is 1. The highest BCUT2D eigenvalue weighted by molar-refractivity contribution is 8.01. The SMILES string of the molecule is CCOc1ccc(NC(=O)[C@H](C)OC(=O)C[C@@H]2Sc3ccccc3NC2=O)cc1. The van der Waals surface area contributed by atoms with Crippen LogP contribution in [-0.4, -0.2) is 35.7 Å². The van der Waals surface area contributed by atoms with Gasteiger partial charge in [0.25, 0.3) is 5.91 Å². The Balaban J connectivity index is 1.51. The van der Waals surface area contributed by atoms with E-state index >= 15 is 0 Å². The Kier molecular flexibility index (Phi) is 6.77. The molecule has 0 fully saturated rings. The van der Waals surface area contributed by atoms with Crippen LogP contribution in [0.5, 0.6) is 5.75 Å². The molecule has 0 aliphatic carbocycles. The number of esters is 1. The normalized spacial score (nSPS) is 16.2. The Hall–Kier alpha value is -3.00. The smallest absolute Gasteiger partial charge is 0.308 e. The van der Waals surface area contributed by atoms with Crippen LogP contribution < -0.4 is 15.4 Å². The number of nitrogens with one attached hydrogen (secondary N) is 2. The summed E-state index contributed by atoms with van der Waals surface area (Å²) >= 11 is 1.31. The van der Waals surface area contributed by atoms with E-state index in [2.05, 4.69) is 10.6 Å². The van der Waals surface area contributed by atoms with Crippen LogP contribution in [0.25, 0.3) is 0 Å². The number of thioether (sulfide) groups is 1. The van der Waals surface area contributed by atoms with Gasteiger partial charge in [-0.05, 0) is 50.2 Å². The number of carbonyl (C=O) groups is 3. The van der Waals surface area contributed by atoms with E-state index in [0.29, 0.717) is 18.0 Å². The first-order valence-electron chi connectivity index (χ1n) is 9.26. The van der Waals surface area contributed by atoms with Crippen molar-refractivity contribution >= 4 is 40.9 Å². The summed E-state index contributed by atoms with van der Waals surface area (Å²) in [7, 11) is 0. The van der Waals surface area contributed by atoms with Crippen LogP contribution in [0.4, 0.5) is 11.4 Å². The van der Waals surface area contributed by atoms with Crippen LogP contribution in [0.3, 0.4) is 0 Å². The molecule has 0 unspecified atom stereocenters. The third kappa shape index (κ3) is 5.51. The summed E-state index contributed by atoms with van der Waals surface area (Å²) in [6.45, 7) is 3.94. The van der Waals surface area contributed by atoms with Gasteiger partial charge in [-0.1, -0.05) is 12.1 Å². The summed E-state index contributed by atoms with van der Waals surface area (Å²) in [5, 5.41) is 4.87. The van der Waals surface area contributed by atoms with Crippen molar-refractivity contribution in [2.75, 3.05) is 17.2 Å². The molecule has 0 bridgehead atoms. The lowest BCUT2D eigenvalue weighted by atomic mass is 10.2. The first-order valence-corrected chi connectivity index (χ1v) is 10.1. The van der Waals surface area contributed by atoms with Crippen molar-refractivity contribution in [2.45, 2.75) is 36.5 Å². The first kappa shape index (κ1) is 20.7. The highest BCUT2D eigenvalue weighted by Gasteiger charge is 2.30. The summed E-state index contributed by atoms with van der Waals surface area (Å²) in [6, 6.07) is 14.3. The minimum Gasteiger partial charge on any atom is -0.494 e. The van der Waals surface area contributed by atoms with Crippen LogP contribution in [0, 0.1) is 0 Å². The van der Waals surface area contributed by atoms with E-state index in [1.165, 1.54) is 18.7 Å². The quantitative estimate of drug-likeness (QED) is 0.674. The maximum Gasteiger partial charge on any atom is 0.308 e. The molecule has 7 nitrogen and oxygen atoms in total. The number of amides is 2. The van der Waals surface area contributed by atoms with E-state index < -0.39 is 23.2 Å². The molecule has 8 heteroatoms. The van der Waals surface area contributed by atoms with E-state index in [9.17, 15) is 14.4 Å². The largest absolute Gasteiger partial charge is 0.494 e. The average molecular weight is 414 g/mol. The molecule has 2 atom stereocenters. The minimum atomic E-state index is -0.988. The van der Waals surface area contributed by atoms with E-state index in [-0.39, 0.29) is 12.3 Å². The second-order valence-corrected chi connectivity index (χ2v) is 7.62. The van der Waals surface area contributed by atoms with E-state index in [1.54, 1.807) is 24.3 Å². The number of ether oxygens (including phenoxy) is 2. The number of hydrogen-bond donors (Lipinski definition) is 2. The molecule has 0 spiro atoms. The molecule has 29 heavy (non-hydrogen) atoms. The maximum atomic E-state index is 12.3. The van der Waals surface area contributed by atoms with Gasteiger partial charge in [0, 0.05) is 10.6 Å². The minimum absolute atomic E-state index is 0.120. The monoisotopic (exact) mass is 414 g/mol. The molecule has 1 aliphatic rings. The molecule has 0 saturated carbocycles. The predicted molar refractivity (Wildman–Crippen MR) is 111 cm³/mol. The Labute approximate surface area is 173 Å². The number of benzene rings is 2. The van der Waals surface area contributed by atoms with Crippen LogP contribution in [0.2, 0.25) is 0 Å². The van der Waals surface area contributed by atoms with E-state index in [0.717, 1.165) is 10.6 Å². The molecule has 1 heterocycles. The van der Waals surface area contributed by atoms with Crippen LogP contribution in [-0.2, 0) is 19.1 Å². The highest BCUT2D eigenvalue weighted by Crippen LogP contribution is 2.36. The zero-order chi connectivity index (χ0) is 20.8. The molecule has 152 valence electrons. The fraction of sp³-hybridized carbons (Fsp3) is 0.286. The summed E-state index contributed by atoms with van der Waals surface area (Å²) in [5.74, 6) is -0.605. The third-order valence-corrected chi connectivity index (χ3v) is 5.44. The Morgan fingerprint density at radius 1 is 1.17 bits per heavy atom. The molecule has 0 aromatic heterocycles. The van der Waals surface area contributed by atoms with Gasteiger partial charge >= 0.3 is 5.97 Å². The molecule has 2 amide bonds. The predicted octanol–water partition coefficient (Wildman–Crippen LogP) is 3.46. The zero-order valence-electron chi connectivity index (χ0n) is 16.1. The molecule has 3 rings (SSSR count). The standard InChI is InChI=1S/C21H22N2O5S/c1-3-27-15-10-8-14(9-11-15)22-20(25)13(2)28-19(24)12-18-21(26)23-16-6-4-5-7-17(16)29-18/h4-11,13,18H,3,12H2,1-2H3,(H,22,25)(H,23,26)/t13-,18-/m0/s1. The van der Waals surface area contributed by atoms with Crippen molar-refractivity contribution in [3.63, 3.8) is 0 Å². The summed E-state index contributed by atoms with van der Waals surface area (Å²) in [5.41, 5.74) is 1.30. The van der Waals surface area contributed by atoms with Gasteiger partial charge in [-0.25, -0.2) is 0 Å². The fourth-order valence-corrected chi connectivity index (χ4v) is 3.82. The lowest BCUT2D eigenvalue weighted by Crippen LogP contribution is -2.34. The van der Waals surface area contributed by atoms with Gasteiger partial charge in [-0.2, -0.15) is 0 Å². The number of carbonyl (C=O) groups excluding carboxylic acids is 3. The molecule has 2 N–H and O–H groups in total. The second kappa shape index (κ2) is 9.47. The molecule has 1 aliphatic heterocycles. The number of anilines is 2. The Morgan fingerprint density at radius 3 is 2.62 bits per heavy atom. The summed E-state index contributed by atoms with van der Waals surface area (Å²) in [6.07, 6.45) is -1.11. The molecule has 2 aromatic rings. The van der Waals surface area contributed by atoms with Gasteiger partial charge in [-0.3, -0.25) is 14.4 Å². The lowest BCUT2D eigenvalue weighted by Gasteiger charge is -2.23. The van der Waals surface area contributed by atoms with Crippen molar-refractivity contribution in [3.8, 4) is 5.75 Å². The van der Waals surface area contributed by atoms with Crippen LogP contribution >= 0.6 is 11.8 Å². The fourth-order valence-electron chi connectivity index (χ4n) is 2.72. The summed E-state index contributed by atoms with van der Waals surface area (Å²) < 4.78 is 10.6. The number of hydrogen-bond acceptors (Lipinski definition) is 6. The zero-order valence-corrected chi connectivity index (χ0v) is 17.0. The lowest BCUT2D eigenvalue weighted by molar-refractivity contribution is -0.153. The number of fused-ring (bicyclic) bond motifs is 1. The molecule has 0 radical (unpaired) electrons. The Bertz CT molecular complexity index is 900. The van der Waals surface area contributed by atoms with Crippen molar-refractivity contribution in [3.05, 3.63) is 48.5 Å². The van der Waals surface area contributed by atoms with Crippen LogP contribution in [0.15, 0.2) is 53.4 Å². The van der Waals surface area contributed by atoms with Crippen molar-refractivity contribution < 1.29 is 23.9 Å². The average Bonchev–Trinajstić information content (AvgIpc) is 2.70. The topological polar surface area (TPSA) is 93.7 Å². The second-order valence-electron chi connectivity index (χ2n) is 6.37. The maximum absolute atomic E-state index is 12.3. The van der Waals surface area contributed by atoms with Gasteiger partial charge in [0.1, 0.15) is 5.75 Å². The van der Waals surface area contributed by atoms with E-state index in [1.807, 2.05) is 31.2 Å². The van der Waals surface area contributed by atoms with Gasteiger partial charge in [0.15, 0.2) is 6.10 Å². The summed E-state index contributed by atoms with van der Waals surface area (Å²) in [4.78, 5) is 37.6. The third-order valence-electron chi connectivity index (χ3n) is 4.17. The van der Waals surface area contributed by atoms with Crippen molar-refractivity contribution in [1.29, 1.82) is 0 Å². The number of rotatable bonds is 7. The van der Waals surface area contributed by atoms with Gasteiger partial charge < -0.3 is 20.1 Å². The molecule has 2 aromatic carbocycles. The van der Waals surface area contributed by atoms with Gasteiger partial charge in [-0.15, -0.1) is 11.8 Å². The highest BCUT2D eigenvalue weighted by atomic mass is 32.2. The molecular weight excluding hydrogens is 392 g/mol. The molecule has 0 saturated heterocycles. The van der Waals surface area contributed by atoms with Gasteiger partial charge in [0.2, 0.25) is 5.91 Å². The molecular formula is C21H22N2O5S. The van der Waals surface area contributed by atoms with Crippen molar-refractivity contribution in [2.24, 2.45) is 0 Å². The first-order chi connectivity index (χ1) is 14.0. The van der Waals surface area contributed by atoms with E-state index in [4.69, 9.17) is 9.47 Å². The van der Waals surface area contributed by atoms with Crippen LogP contribution in [0.1, 0.15) is 20.3 Å².